The van der Waals surface area contributed by atoms with E-state index in [0.717, 1.165) is 17.1 Å². The number of hydrogen-bond acceptors (Lipinski definition) is 4. The number of aryl methyl sites for hydroxylation is 1. The van der Waals surface area contributed by atoms with E-state index in [1.165, 1.54) is 0 Å². The number of hydrogen-bond donors (Lipinski definition) is 1. The molecule has 1 N–H and O–H groups in total. The molecule has 104 valence electrons. The van der Waals surface area contributed by atoms with Gasteiger partial charge in [-0.05, 0) is 34.6 Å². The van der Waals surface area contributed by atoms with E-state index in [-0.39, 0.29) is 5.54 Å². The molecule has 19 heavy (non-hydrogen) atoms. The summed E-state index contributed by atoms with van der Waals surface area (Å²) in [5.74, 6) is 0. The van der Waals surface area contributed by atoms with Crippen LogP contribution in [0, 0.1) is 13.8 Å². The number of nitrogens with zero attached hydrogens (tertiary/aromatic N) is 3. The molecule has 0 amide bonds. The largest absolute Gasteiger partial charge is 0.430 e. The average molecular weight is 283 g/mol. The quantitative estimate of drug-likeness (QED) is 0.940. The zero-order valence-corrected chi connectivity index (χ0v) is 12.7. The number of aromatic nitrogens is 3. The Morgan fingerprint density at radius 1 is 1.37 bits per heavy atom. The van der Waals surface area contributed by atoms with Gasteiger partial charge in [-0.3, -0.25) is 0 Å². The summed E-state index contributed by atoms with van der Waals surface area (Å²) in [6.45, 7) is 10.7. The molecule has 5 nitrogen and oxygen atoms in total. The molecule has 0 radical (unpaired) electrons. The fourth-order valence-electron chi connectivity index (χ4n) is 1.64. The third kappa shape index (κ3) is 3.16. The second-order valence-corrected chi connectivity index (χ2v) is 6.00. The van der Waals surface area contributed by atoms with Crippen LogP contribution in [0.4, 0.5) is 0 Å². The second kappa shape index (κ2) is 4.98. The molecular formula is C13H19ClN4O. The Morgan fingerprint density at radius 2 is 2.05 bits per heavy atom. The molecule has 2 aromatic rings. The first-order valence-electron chi connectivity index (χ1n) is 6.19. The summed E-state index contributed by atoms with van der Waals surface area (Å²) >= 11 is 6.11. The maximum atomic E-state index is 6.11. The zero-order valence-electron chi connectivity index (χ0n) is 11.9. The molecule has 0 aliphatic heterocycles. The molecule has 0 aliphatic carbocycles. The van der Waals surface area contributed by atoms with Gasteiger partial charge in [-0.25, -0.2) is 0 Å². The highest BCUT2D eigenvalue weighted by Crippen LogP contribution is 2.22. The minimum atomic E-state index is 0.0423. The van der Waals surface area contributed by atoms with Gasteiger partial charge in [-0.15, -0.1) is 0 Å². The summed E-state index contributed by atoms with van der Waals surface area (Å²) in [4.78, 5) is 4.41. The van der Waals surface area contributed by atoms with Gasteiger partial charge >= 0.3 is 6.01 Å². The highest BCUT2D eigenvalue weighted by molar-refractivity contribution is 6.31. The Kier molecular flexibility index (Phi) is 3.69. The van der Waals surface area contributed by atoms with Crippen molar-refractivity contribution in [2.75, 3.05) is 0 Å². The smallest absolute Gasteiger partial charge is 0.323 e. The summed E-state index contributed by atoms with van der Waals surface area (Å²) in [5.41, 5.74) is 2.48. The zero-order chi connectivity index (χ0) is 14.2. The van der Waals surface area contributed by atoms with E-state index in [9.17, 15) is 0 Å². The Hall–Kier alpha value is -1.33. The van der Waals surface area contributed by atoms with Gasteiger partial charge in [0.05, 0.1) is 22.1 Å². The van der Waals surface area contributed by atoms with Crippen LogP contribution in [0.25, 0.3) is 6.01 Å². The first kappa shape index (κ1) is 14.1. The van der Waals surface area contributed by atoms with Crippen LogP contribution in [0.5, 0.6) is 0 Å². The van der Waals surface area contributed by atoms with Crippen LogP contribution < -0.4 is 5.32 Å². The van der Waals surface area contributed by atoms with E-state index in [1.54, 1.807) is 10.9 Å². The van der Waals surface area contributed by atoms with Crippen LogP contribution in [-0.2, 0) is 6.54 Å². The monoisotopic (exact) mass is 282 g/mol. The molecule has 0 fully saturated rings. The predicted octanol–water partition coefficient (Wildman–Crippen LogP) is 3.02. The summed E-state index contributed by atoms with van der Waals surface area (Å²) in [7, 11) is 0. The fraction of sp³-hybridized carbons (Fsp3) is 0.538. The molecule has 0 unspecified atom stereocenters. The molecular weight excluding hydrogens is 264 g/mol. The SMILES string of the molecule is Cc1nn(-c2nc(CNC(C)(C)C)co2)c(C)c1Cl. The fourth-order valence-corrected chi connectivity index (χ4v) is 1.76. The summed E-state index contributed by atoms with van der Waals surface area (Å²) in [5, 5.41) is 8.31. The van der Waals surface area contributed by atoms with Gasteiger partial charge in [0.2, 0.25) is 0 Å². The molecule has 0 atom stereocenters. The topological polar surface area (TPSA) is 55.9 Å². The summed E-state index contributed by atoms with van der Waals surface area (Å²) in [6.07, 6.45) is 1.64. The van der Waals surface area contributed by atoms with Crippen LogP contribution in [0.15, 0.2) is 10.7 Å². The van der Waals surface area contributed by atoms with Gasteiger partial charge in [0.1, 0.15) is 6.26 Å². The third-order valence-electron chi connectivity index (χ3n) is 2.72. The number of nitrogens with one attached hydrogen (secondary N) is 1. The van der Waals surface area contributed by atoms with Crippen molar-refractivity contribution in [3.63, 3.8) is 0 Å². The van der Waals surface area contributed by atoms with Crippen LogP contribution in [0.1, 0.15) is 37.9 Å². The number of halogens is 1. The van der Waals surface area contributed by atoms with Crippen molar-refractivity contribution in [3.05, 3.63) is 28.4 Å². The van der Waals surface area contributed by atoms with Crippen molar-refractivity contribution in [2.24, 2.45) is 0 Å². The van der Waals surface area contributed by atoms with E-state index in [2.05, 4.69) is 36.2 Å². The van der Waals surface area contributed by atoms with Crippen LogP contribution in [0.2, 0.25) is 5.02 Å². The van der Waals surface area contributed by atoms with Crippen molar-refractivity contribution in [1.29, 1.82) is 0 Å². The van der Waals surface area contributed by atoms with E-state index in [1.807, 2.05) is 13.8 Å². The lowest BCUT2D eigenvalue weighted by atomic mass is 10.1. The number of rotatable bonds is 3. The van der Waals surface area contributed by atoms with Crippen LogP contribution in [0.3, 0.4) is 0 Å². The Balaban J connectivity index is 2.19. The molecule has 0 bridgehead atoms. The van der Waals surface area contributed by atoms with Crippen molar-refractivity contribution >= 4 is 11.6 Å². The maximum Gasteiger partial charge on any atom is 0.323 e. The van der Waals surface area contributed by atoms with Crippen molar-refractivity contribution in [3.8, 4) is 6.01 Å². The van der Waals surface area contributed by atoms with E-state index in [4.69, 9.17) is 16.0 Å². The molecule has 2 rings (SSSR count). The maximum absolute atomic E-state index is 6.11. The van der Waals surface area contributed by atoms with Gasteiger partial charge in [0.25, 0.3) is 0 Å². The lowest BCUT2D eigenvalue weighted by Crippen LogP contribution is -2.35. The molecule has 6 heteroatoms. The second-order valence-electron chi connectivity index (χ2n) is 5.62. The number of oxazole rings is 1. The van der Waals surface area contributed by atoms with Crippen LogP contribution >= 0.6 is 11.6 Å². The van der Waals surface area contributed by atoms with Gasteiger partial charge in [-0.1, -0.05) is 11.6 Å². The molecule has 0 spiro atoms. The van der Waals surface area contributed by atoms with Crippen molar-refractivity contribution in [2.45, 2.75) is 46.7 Å². The Bertz CT molecular complexity index is 580. The third-order valence-corrected chi connectivity index (χ3v) is 3.27. The van der Waals surface area contributed by atoms with E-state index >= 15 is 0 Å². The lowest BCUT2D eigenvalue weighted by molar-refractivity contribution is 0.420. The van der Waals surface area contributed by atoms with Gasteiger partial charge in [0, 0.05) is 12.1 Å². The van der Waals surface area contributed by atoms with Crippen molar-refractivity contribution < 1.29 is 4.42 Å². The van der Waals surface area contributed by atoms with Gasteiger partial charge in [-0.2, -0.15) is 14.8 Å². The minimum absolute atomic E-state index is 0.0423. The highest BCUT2D eigenvalue weighted by Gasteiger charge is 2.16. The van der Waals surface area contributed by atoms with E-state index in [0.29, 0.717) is 17.6 Å². The normalized spacial score (nSPS) is 12.1. The Labute approximate surface area is 118 Å². The first-order chi connectivity index (χ1) is 8.78. The molecule has 2 heterocycles. The molecule has 0 aliphatic rings. The van der Waals surface area contributed by atoms with Gasteiger partial charge in [0.15, 0.2) is 0 Å². The highest BCUT2D eigenvalue weighted by atomic mass is 35.5. The summed E-state index contributed by atoms with van der Waals surface area (Å²) < 4.78 is 7.08. The van der Waals surface area contributed by atoms with Crippen molar-refractivity contribution in [1.82, 2.24) is 20.1 Å². The minimum Gasteiger partial charge on any atom is -0.430 e. The first-order valence-corrected chi connectivity index (χ1v) is 6.57. The lowest BCUT2D eigenvalue weighted by Gasteiger charge is -2.19. The summed E-state index contributed by atoms with van der Waals surface area (Å²) in [6, 6.07) is 0.443. The molecule has 0 saturated carbocycles. The molecule has 0 aromatic carbocycles. The predicted molar refractivity (Wildman–Crippen MR) is 74.7 cm³/mol. The average Bonchev–Trinajstić information content (AvgIpc) is 2.87. The standard InChI is InChI=1S/C13H19ClN4O/c1-8-11(14)9(2)18(17-8)12-16-10(7-19-12)6-15-13(3,4)5/h7,15H,6H2,1-5H3. The van der Waals surface area contributed by atoms with Gasteiger partial charge < -0.3 is 9.73 Å². The van der Waals surface area contributed by atoms with E-state index < -0.39 is 0 Å². The molecule has 2 aromatic heterocycles. The Morgan fingerprint density at radius 3 is 2.58 bits per heavy atom. The van der Waals surface area contributed by atoms with Crippen LogP contribution in [-0.4, -0.2) is 20.3 Å². The molecule has 0 saturated heterocycles.